The number of hydrogen-bond donors (Lipinski definition) is 0. The first-order valence-corrected chi connectivity index (χ1v) is 11.0. The van der Waals surface area contributed by atoms with Crippen molar-refractivity contribution in [3.63, 3.8) is 0 Å². The Kier molecular flexibility index (Phi) is 5.82. The van der Waals surface area contributed by atoms with E-state index in [1.165, 1.54) is 36.5 Å². The molecule has 2 aromatic carbocycles. The molecule has 1 fully saturated rings. The quantitative estimate of drug-likeness (QED) is 0.232. The number of benzene rings is 2. The van der Waals surface area contributed by atoms with E-state index in [9.17, 15) is 19.2 Å². The molecule has 9 nitrogen and oxygen atoms in total. The molecule has 1 amide bonds. The summed E-state index contributed by atoms with van der Waals surface area (Å²) in [5.74, 6) is -2.52. The van der Waals surface area contributed by atoms with Gasteiger partial charge in [-0.15, -0.1) is 0 Å². The normalized spacial score (nSPS) is 19.1. The van der Waals surface area contributed by atoms with Crippen molar-refractivity contribution < 1.29 is 37.8 Å². The molecule has 2 aliphatic rings. The van der Waals surface area contributed by atoms with E-state index in [0.29, 0.717) is 41.6 Å². The zero-order chi connectivity index (χ0) is 24.5. The molecule has 0 aliphatic carbocycles. The molecule has 2 atom stereocenters. The van der Waals surface area contributed by atoms with Crippen LogP contribution in [0, 0.1) is 5.92 Å². The Hall–Kier alpha value is -4.40. The van der Waals surface area contributed by atoms with Gasteiger partial charge in [0.25, 0.3) is 5.91 Å². The second kappa shape index (κ2) is 9.09. The maximum atomic E-state index is 13.6. The van der Waals surface area contributed by atoms with Crippen molar-refractivity contribution in [2.75, 3.05) is 20.3 Å². The number of furan rings is 1. The van der Waals surface area contributed by atoms with Gasteiger partial charge in [-0.25, -0.2) is 4.79 Å². The van der Waals surface area contributed by atoms with Gasteiger partial charge in [-0.1, -0.05) is 12.1 Å². The lowest BCUT2D eigenvalue weighted by Crippen LogP contribution is -2.30. The van der Waals surface area contributed by atoms with Crippen LogP contribution in [0.15, 0.2) is 65.3 Å². The van der Waals surface area contributed by atoms with E-state index in [1.807, 2.05) is 0 Å². The number of ether oxygens (including phenoxy) is 3. The van der Waals surface area contributed by atoms with Gasteiger partial charge in [-0.05, 0) is 48.0 Å². The van der Waals surface area contributed by atoms with E-state index >= 15 is 0 Å². The van der Waals surface area contributed by atoms with Crippen LogP contribution in [-0.2, 0) is 20.9 Å². The predicted octanol–water partition coefficient (Wildman–Crippen LogP) is 2.99. The summed E-state index contributed by atoms with van der Waals surface area (Å²) in [6, 6.07) is 13.5. The van der Waals surface area contributed by atoms with Crippen molar-refractivity contribution >= 4 is 23.4 Å². The summed E-state index contributed by atoms with van der Waals surface area (Å²) in [4.78, 5) is 53.1. The minimum absolute atomic E-state index is 0.00587. The van der Waals surface area contributed by atoms with Crippen molar-refractivity contribution in [2.45, 2.75) is 12.6 Å². The first-order chi connectivity index (χ1) is 17.0. The van der Waals surface area contributed by atoms with Crippen molar-refractivity contribution in [3.8, 4) is 11.5 Å². The third-order valence-electron chi connectivity index (χ3n) is 6.09. The zero-order valence-corrected chi connectivity index (χ0v) is 18.8. The van der Waals surface area contributed by atoms with Gasteiger partial charge in [-0.2, -0.15) is 0 Å². The minimum Gasteiger partial charge on any atom is -0.486 e. The lowest BCUT2D eigenvalue weighted by atomic mass is 9.86. The van der Waals surface area contributed by atoms with Gasteiger partial charge in [0.2, 0.25) is 5.78 Å². The molecule has 35 heavy (non-hydrogen) atoms. The van der Waals surface area contributed by atoms with E-state index in [-0.39, 0.29) is 12.1 Å². The molecular formula is C26H21NO8. The molecule has 9 heteroatoms. The lowest BCUT2D eigenvalue weighted by molar-refractivity contribution is -0.141. The fourth-order valence-electron chi connectivity index (χ4n) is 4.41. The topological polar surface area (TPSA) is 112 Å². The molecule has 2 unspecified atom stereocenters. The van der Waals surface area contributed by atoms with Crippen LogP contribution in [0.1, 0.15) is 38.1 Å². The van der Waals surface area contributed by atoms with Gasteiger partial charge in [0, 0.05) is 5.56 Å². The Bertz CT molecular complexity index is 1300. The maximum Gasteiger partial charge on any atom is 0.337 e. The van der Waals surface area contributed by atoms with Gasteiger partial charge in [0.05, 0.1) is 31.5 Å². The van der Waals surface area contributed by atoms with Crippen LogP contribution in [0.4, 0.5) is 0 Å². The van der Waals surface area contributed by atoms with Crippen molar-refractivity contribution in [3.05, 3.63) is 83.3 Å². The summed E-state index contributed by atoms with van der Waals surface area (Å²) >= 11 is 0. The van der Waals surface area contributed by atoms with Crippen molar-refractivity contribution in [1.82, 2.24) is 4.90 Å². The fraction of sp³-hybridized carbons (Fsp3) is 0.231. The van der Waals surface area contributed by atoms with Gasteiger partial charge in [0.1, 0.15) is 24.9 Å². The molecule has 0 bridgehead atoms. The first kappa shape index (κ1) is 22.4. The summed E-state index contributed by atoms with van der Waals surface area (Å²) in [5.41, 5.74) is 1.06. The van der Waals surface area contributed by atoms with Crippen LogP contribution >= 0.6 is 0 Å². The monoisotopic (exact) mass is 475 g/mol. The third-order valence-corrected chi connectivity index (χ3v) is 6.09. The van der Waals surface area contributed by atoms with Crippen molar-refractivity contribution in [2.24, 2.45) is 5.92 Å². The molecule has 3 heterocycles. The smallest absolute Gasteiger partial charge is 0.337 e. The number of carbonyl (C=O) groups is 4. The first-order valence-electron chi connectivity index (χ1n) is 11.0. The number of hydrogen-bond acceptors (Lipinski definition) is 8. The van der Waals surface area contributed by atoms with Gasteiger partial charge < -0.3 is 23.5 Å². The van der Waals surface area contributed by atoms with Gasteiger partial charge >= 0.3 is 5.97 Å². The number of rotatable bonds is 6. The number of fused-ring (bicyclic) bond motifs is 1. The summed E-state index contributed by atoms with van der Waals surface area (Å²) in [5, 5.41) is 0. The van der Waals surface area contributed by atoms with E-state index in [1.54, 1.807) is 36.4 Å². The fourth-order valence-corrected chi connectivity index (χ4v) is 4.41. The Balaban J connectivity index is 1.54. The molecule has 3 aromatic rings. The number of nitrogens with zero attached hydrogens (tertiary/aromatic N) is 1. The highest BCUT2D eigenvalue weighted by Crippen LogP contribution is 2.40. The summed E-state index contributed by atoms with van der Waals surface area (Å²) in [7, 11) is 1.28. The number of likely N-dealkylation sites (tertiary alicyclic amines) is 1. The van der Waals surface area contributed by atoms with Crippen LogP contribution in [-0.4, -0.2) is 48.7 Å². The largest absolute Gasteiger partial charge is 0.486 e. The molecule has 0 N–H and O–H groups in total. The highest BCUT2D eigenvalue weighted by atomic mass is 16.6. The van der Waals surface area contributed by atoms with Gasteiger partial charge in [-0.3, -0.25) is 14.4 Å². The molecule has 0 spiro atoms. The Morgan fingerprint density at radius 1 is 0.971 bits per heavy atom. The van der Waals surface area contributed by atoms with Crippen LogP contribution < -0.4 is 9.47 Å². The number of carbonyl (C=O) groups excluding carboxylic acids is 4. The molecule has 0 radical (unpaired) electrons. The number of ketones is 2. The highest BCUT2D eigenvalue weighted by molar-refractivity contribution is 6.44. The predicted molar refractivity (Wildman–Crippen MR) is 120 cm³/mol. The number of amides is 1. The number of Topliss-reactive ketones (excluding diaryl/α,β-unsaturated/α-hetero) is 2. The molecule has 5 rings (SSSR count). The second-order valence-corrected chi connectivity index (χ2v) is 8.14. The van der Waals surface area contributed by atoms with E-state index in [4.69, 9.17) is 18.6 Å². The van der Waals surface area contributed by atoms with Crippen LogP contribution in [0.3, 0.4) is 0 Å². The van der Waals surface area contributed by atoms with E-state index < -0.39 is 35.4 Å². The average molecular weight is 475 g/mol. The molecule has 2 aliphatic heterocycles. The highest BCUT2D eigenvalue weighted by Gasteiger charge is 2.52. The zero-order valence-electron chi connectivity index (χ0n) is 18.8. The summed E-state index contributed by atoms with van der Waals surface area (Å²) < 4.78 is 21.2. The SMILES string of the molecule is COC(=O)c1ccc(C2C(C(=O)c3ccc4c(c3)OCCO4)C(=O)C(=O)N2Cc2ccco2)cc1. The van der Waals surface area contributed by atoms with Crippen LogP contribution in [0.25, 0.3) is 0 Å². The average Bonchev–Trinajstić information content (AvgIpc) is 3.50. The molecule has 0 saturated carbocycles. The standard InChI is InChI=1S/C26H21NO8/c1-32-26(31)16-6-4-15(5-7-16)22-21(24(29)25(30)27(22)14-18-3-2-10-33-18)23(28)17-8-9-19-20(13-17)35-12-11-34-19/h2-10,13,21-22H,11-12,14H2,1H3. The lowest BCUT2D eigenvalue weighted by Gasteiger charge is -2.27. The van der Waals surface area contributed by atoms with Crippen LogP contribution in [0.2, 0.25) is 0 Å². The molecule has 1 saturated heterocycles. The van der Waals surface area contributed by atoms with Gasteiger partial charge in [0.15, 0.2) is 17.3 Å². The molecular weight excluding hydrogens is 454 g/mol. The Labute approximate surface area is 200 Å². The minimum atomic E-state index is -1.29. The van der Waals surface area contributed by atoms with E-state index in [2.05, 4.69) is 0 Å². The number of methoxy groups -OCH3 is 1. The summed E-state index contributed by atoms with van der Waals surface area (Å²) in [6.07, 6.45) is 1.47. The van der Waals surface area contributed by atoms with E-state index in [0.717, 1.165) is 0 Å². The Morgan fingerprint density at radius 2 is 1.69 bits per heavy atom. The van der Waals surface area contributed by atoms with Crippen molar-refractivity contribution in [1.29, 1.82) is 0 Å². The maximum absolute atomic E-state index is 13.6. The van der Waals surface area contributed by atoms with Crippen LogP contribution in [0.5, 0.6) is 11.5 Å². The molecule has 1 aromatic heterocycles. The summed E-state index contributed by atoms with van der Waals surface area (Å²) in [6.45, 7) is 0.755. The second-order valence-electron chi connectivity index (χ2n) is 8.14. The number of esters is 1. The Morgan fingerprint density at radius 3 is 2.37 bits per heavy atom. The molecule has 178 valence electrons. The third kappa shape index (κ3) is 4.05.